The van der Waals surface area contributed by atoms with Crippen LogP contribution >= 0.6 is 0 Å². The highest BCUT2D eigenvalue weighted by molar-refractivity contribution is 4.73. The first-order valence-electron chi connectivity index (χ1n) is 4.99. The smallest absolute Gasteiger partial charge is 0.0589 e. The largest absolute Gasteiger partial charge is 0.383 e. The molecule has 0 aliphatic heterocycles. The lowest BCUT2D eigenvalue weighted by atomic mass is 10.0. The second-order valence-electron chi connectivity index (χ2n) is 4.17. The van der Waals surface area contributed by atoms with E-state index >= 15 is 0 Å². The molecule has 0 radical (unpaired) electrons. The summed E-state index contributed by atoms with van der Waals surface area (Å²) >= 11 is 0. The maximum atomic E-state index is 5.91. The van der Waals surface area contributed by atoms with Gasteiger partial charge in [0.15, 0.2) is 0 Å². The minimum atomic E-state index is -0.0551. The number of hydrogen-bond acceptors (Lipinski definition) is 3. The molecule has 0 atom stereocenters. The Labute approximate surface area is 82.2 Å². The zero-order chi connectivity index (χ0) is 10.3. The molecule has 0 aliphatic carbocycles. The van der Waals surface area contributed by atoms with Crippen LogP contribution in [0.1, 0.15) is 27.2 Å². The van der Waals surface area contributed by atoms with Gasteiger partial charge in [0.05, 0.1) is 6.61 Å². The summed E-state index contributed by atoms with van der Waals surface area (Å²) in [6.45, 7) is 10.2. The number of likely N-dealkylation sites (N-methyl/N-ethyl adjacent to an activating group) is 1. The van der Waals surface area contributed by atoms with E-state index in [1.54, 1.807) is 7.11 Å². The number of methoxy groups -OCH3 is 1. The first-order valence-corrected chi connectivity index (χ1v) is 4.99. The lowest BCUT2D eigenvalue weighted by Gasteiger charge is -2.25. The SMILES string of the molecule is CCN(CCOC)CCC(C)(C)N. The van der Waals surface area contributed by atoms with Crippen molar-refractivity contribution in [3.05, 3.63) is 0 Å². The molecule has 0 rings (SSSR count). The molecular formula is C10H24N2O. The van der Waals surface area contributed by atoms with Gasteiger partial charge in [-0.2, -0.15) is 0 Å². The normalized spacial score (nSPS) is 12.5. The molecule has 0 bridgehead atoms. The van der Waals surface area contributed by atoms with Crippen molar-refractivity contribution < 1.29 is 4.74 Å². The van der Waals surface area contributed by atoms with Gasteiger partial charge in [0, 0.05) is 19.2 Å². The lowest BCUT2D eigenvalue weighted by Crippen LogP contribution is -2.38. The van der Waals surface area contributed by atoms with E-state index in [2.05, 4.69) is 25.7 Å². The summed E-state index contributed by atoms with van der Waals surface area (Å²) in [5.41, 5.74) is 5.85. The summed E-state index contributed by atoms with van der Waals surface area (Å²) in [5.74, 6) is 0. The van der Waals surface area contributed by atoms with Gasteiger partial charge in [-0.1, -0.05) is 6.92 Å². The van der Waals surface area contributed by atoms with Crippen molar-refractivity contribution in [3.8, 4) is 0 Å². The summed E-state index contributed by atoms with van der Waals surface area (Å²) in [5, 5.41) is 0. The van der Waals surface area contributed by atoms with E-state index in [9.17, 15) is 0 Å². The average Bonchev–Trinajstić information content (AvgIpc) is 2.03. The van der Waals surface area contributed by atoms with Crippen LogP contribution < -0.4 is 5.73 Å². The molecule has 13 heavy (non-hydrogen) atoms. The Kier molecular flexibility index (Phi) is 6.29. The fraction of sp³-hybridized carbons (Fsp3) is 1.00. The van der Waals surface area contributed by atoms with Crippen molar-refractivity contribution in [3.63, 3.8) is 0 Å². The van der Waals surface area contributed by atoms with Crippen LogP contribution in [0.25, 0.3) is 0 Å². The molecule has 2 N–H and O–H groups in total. The zero-order valence-electron chi connectivity index (χ0n) is 9.47. The Morgan fingerprint density at radius 1 is 1.31 bits per heavy atom. The van der Waals surface area contributed by atoms with E-state index in [0.29, 0.717) is 0 Å². The standard InChI is InChI=1S/C10H24N2O/c1-5-12(8-9-13-4)7-6-10(2,3)11/h5-9,11H2,1-4H3. The second-order valence-corrected chi connectivity index (χ2v) is 4.17. The predicted molar refractivity (Wildman–Crippen MR) is 56.9 cm³/mol. The van der Waals surface area contributed by atoms with Crippen molar-refractivity contribution in [2.45, 2.75) is 32.7 Å². The van der Waals surface area contributed by atoms with Gasteiger partial charge in [0.1, 0.15) is 0 Å². The molecule has 0 fully saturated rings. The molecule has 0 saturated carbocycles. The molecule has 0 aromatic carbocycles. The Morgan fingerprint density at radius 2 is 1.92 bits per heavy atom. The molecule has 80 valence electrons. The van der Waals surface area contributed by atoms with E-state index in [1.807, 2.05) is 0 Å². The monoisotopic (exact) mass is 188 g/mol. The average molecular weight is 188 g/mol. The molecule has 0 heterocycles. The lowest BCUT2D eigenvalue weighted by molar-refractivity contribution is 0.146. The summed E-state index contributed by atoms with van der Waals surface area (Å²) < 4.78 is 5.03. The number of hydrogen-bond donors (Lipinski definition) is 1. The van der Waals surface area contributed by atoms with Crippen LogP contribution in [0.4, 0.5) is 0 Å². The van der Waals surface area contributed by atoms with E-state index in [0.717, 1.165) is 32.7 Å². The van der Waals surface area contributed by atoms with E-state index in [4.69, 9.17) is 10.5 Å². The molecule has 3 nitrogen and oxygen atoms in total. The molecule has 0 unspecified atom stereocenters. The second kappa shape index (κ2) is 6.35. The predicted octanol–water partition coefficient (Wildman–Crippen LogP) is 1.08. The third-order valence-electron chi connectivity index (χ3n) is 2.13. The molecule has 3 heteroatoms. The van der Waals surface area contributed by atoms with Crippen LogP contribution in [0.15, 0.2) is 0 Å². The van der Waals surface area contributed by atoms with E-state index in [-0.39, 0.29) is 5.54 Å². The number of ether oxygens (including phenoxy) is 1. The molecule has 0 aromatic rings. The highest BCUT2D eigenvalue weighted by atomic mass is 16.5. The van der Waals surface area contributed by atoms with Crippen molar-refractivity contribution >= 4 is 0 Å². The van der Waals surface area contributed by atoms with Gasteiger partial charge in [0.2, 0.25) is 0 Å². The number of rotatable bonds is 7. The Morgan fingerprint density at radius 3 is 2.31 bits per heavy atom. The summed E-state index contributed by atoms with van der Waals surface area (Å²) in [4.78, 5) is 2.36. The van der Waals surface area contributed by atoms with Crippen molar-refractivity contribution in [1.82, 2.24) is 4.90 Å². The van der Waals surface area contributed by atoms with Crippen LogP contribution in [0.2, 0.25) is 0 Å². The Bertz CT molecular complexity index is 121. The fourth-order valence-corrected chi connectivity index (χ4v) is 1.09. The van der Waals surface area contributed by atoms with Crippen molar-refractivity contribution in [1.29, 1.82) is 0 Å². The van der Waals surface area contributed by atoms with Crippen molar-refractivity contribution in [2.75, 3.05) is 33.4 Å². The van der Waals surface area contributed by atoms with E-state index < -0.39 is 0 Å². The van der Waals surface area contributed by atoms with Crippen LogP contribution in [0.3, 0.4) is 0 Å². The van der Waals surface area contributed by atoms with Gasteiger partial charge in [-0.15, -0.1) is 0 Å². The van der Waals surface area contributed by atoms with Gasteiger partial charge in [0.25, 0.3) is 0 Å². The van der Waals surface area contributed by atoms with Gasteiger partial charge in [-0.05, 0) is 33.4 Å². The number of nitrogens with zero attached hydrogens (tertiary/aromatic N) is 1. The van der Waals surface area contributed by atoms with Gasteiger partial charge in [-0.25, -0.2) is 0 Å². The quantitative estimate of drug-likeness (QED) is 0.650. The molecule has 0 aromatic heterocycles. The first-order chi connectivity index (χ1) is 5.99. The van der Waals surface area contributed by atoms with Gasteiger partial charge in [-0.3, -0.25) is 0 Å². The maximum absolute atomic E-state index is 5.91. The van der Waals surface area contributed by atoms with Gasteiger partial charge < -0.3 is 15.4 Å². The highest BCUT2D eigenvalue weighted by Crippen LogP contribution is 2.04. The minimum Gasteiger partial charge on any atom is -0.383 e. The third kappa shape index (κ3) is 8.22. The van der Waals surface area contributed by atoms with Crippen molar-refractivity contribution in [2.24, 2.45) is 5.73 Å². The van der Waals surface area contributed by atoms with Crippen LogP contribution in [0, 0.1) is 0 Å². The molecule has 0 saturated heterocycles. The first kappa shape index (κ1) is 12.9. The van der Waals surface area contributed by atoms with E-state index in [1.165, 1.54) is 0 Å². The summed E-state index contributed by atoms with van der Waals surface area (Å²) in [6, 6.07) is 0. The van der Waals surface area contributed by atoms with Crippen LogP contribution in [0.5, 0.6) is 0 Å². The molecule has 0 spiro atoms. The molecule has 0 amide bonds. The van der Waals surface area contributed by atoms with Crippen LogP contribution in [-0.2, 0) is 4.74 Å². The topological polar surface area (TPSA) is 38.5 Å². The molecular weight excluding hydrogens is 164 g/mol. The highest BCUT2D eigenvalue weighted by Gasteiger charge is 2.12. The third-order valence-corrected chi connectivity index (χ3v) is 2.13. The van der Waals surface area contributed by atoms with Crippen LogP contribution in [-0.4, -0.2) is 43.8 Å². The summed E-state index contributed by atoms with van der Waals surface area (Å²) in [6.07, 6.45) is 1.03. The molecule has 0 aliphatic rings. The maximum Gasteiger partial charge on any atom is 0.0589 e. The zero-order valence-corrected chi connectivity index (χ0v) is 9.47. The fourth-order valence-electron chi connectivity index (χ4n) is 1.09. The number of nitrogens with two attached hydrogens (primary N) is 1. The minimum absolute atomic E-state index is 0.0551. The Balaban J connectivity index is 3.59. The van der Waals surface area contributed by atoms with Gasteiger partial charge >= 0.3 is 0 Å². The summed E-state index contributed by atoms with van der Waals surface area (Å²) in [7, 11) is 1.74. The Hall–Kier alpha value is -0.120.